The Balaban J connectivity index is 2.35. The van der Waals surface area contributed by atoms with Gasteiger partial charge in [0.05, 0.1) is 0 Å². The second-order valence-corrected chi connectivity index (χ2v) is 3.21. The summed E-state index contributed by atoms with van der Waals surface area (Å²) in [5, 5.41) is 18.6. The Morgan fingerprint density at radius 2 is 2.07 bits per heavy atom. The number of methoxy groups -OCH3 is 1. The molecule has 1 atom stereocenters. The molecule has 1 unspecified atom stereocenters. The molecule has 0 saturated heterocycles. The number of aromatic hydroxyl groups is 1. The Hall–Kier alpha value is -1.06. The van der Waals surface area contributed by atoms with Crippen LogP contribution in [0.5, 0.6) is 5.75 Å². The number of hydrogen-bond acceptors (Lipinski definition) is 3. The van der Waals surface area contributed by atoms with E-state index < -0.39 is 6.29 Å². The molecule has 0 saturated carbocycles. The van der Waals surface area contributed by atoms with E-state index in [1.54, 1.807) is 12.1 Å². The molecule has 0 amide bonds. The van der Waals surface area contributed by atoms with Crippen LogP contribution in [0.2, 0.25) is 0 Å². The van der Waals surface area contributed by atoms with Crippen molar-refractivity contribution in [3.05, 3.63) is 29.8 Å². The fourth-order valence-electron chi connectivity index (χ4n) is 1.31. The maximum atomic E-state index is 9.44. The largest absolute Gasteiger partial charge is 0.508 e. The van der Waals surface area contributed by atoms with Gasteiger partial charge >= 0.3 is 0 Å². The third-order valence-electron chi connectivity index (χ3n) is 2.16. The maximum Gasteiger partial charge on any atom is 0.154 e. The van der Waals surface area contributed by atoms with E-state index in [-0.39, 0.29) is 0 Å². The van der Waals surface area contributed by atoms with Gasteiger partial charge in [0.15, 0.2) is 6.29 Å². The minimum Gasteiger partial charge on any atom is -0.508 e. The number of phenols is 1. The van der Waals surface area contributed by atoms with Crippen LogP contribution in [0.3, 0.4) is 0 Å². The van der Waals surface area contributed by atoms with Crippen molar-refractivity contribution in [1.82, 2.24) is 0 Å². The van der Waals surface area contributed by atoms with Crippen LogP contribution in [0, 0.1) is 0 Å². The molecular weight excluding hydrogens is 180 g/mol. The highest BCUT2D eigenvalue weighted by atomic mass is 16.6. The standard InChI is InChI=1S/C11H16O3/c1-14-11(13)8-4-6-9-5-2-3-7-10(9)12/h2-3,5,7,11-13H,4,6,8H2,1H3. The summed E-state index contributed by atoms with van der Waals surface area (Å²) in [6, 6.07) is 7.24. The van der Waals surface area contributed by atoms with Crippen molar-refractivity contribution in [2.45, 2.75) is 25.6 Å². The summed E-state index contributed by atoms with van der Waals surface area (Å²) in [6.07, 6.45) is 1.45. The van der Waals surface area contributed by atoms with Crippen LogP contribution in [0.1, 0.15) is 18.4 Å². The van der Waals surface area contributed by atoms with Gasteiger partial charge in [-0.1, -0.05) is 18.2 Å². The summed E-state index contributed by atoms with van der Waals surface area (Å²) >= 11 is 0. The Bertz CT molecular complexity index is 273. The molecule has 0 aliphatic heterocycles. The molecule has 0 radical (unpaired) electrons. The number of ether oxygens (including phenoxy) is 1. The average Bonchev–Trinajstić information content (AvgIpc) is 2.20. The van der Waals surface area contributed by atoms with Crippen LogP contribution < -0.4 is 0 Å². The molecule has 0 spiro atoms. The first-order valence-electron chi connectivity index (χ1n) is 4.71. The van der Waals surface area contributed by atoms with Crippen LogP contribution in [-0.2, 0) is 11.2 Å². The molecule has 0 aliphatic carbocycles. The topological polar surface area (TPSA) is 49.7 Å². The van der Waals surface area contributed by atoms with E-state index in [0.717, 1.165) is 18.4 Å². The molecule has 0 heterocycles. The second-order valence-electron chi connectivity index (χ2n) is 3.21. The SMILES string of the molecule is COC(O)CCCc1ccccc1O. The molecule has 3 heteroatoms. The summed E-state index contributed by atoms with van der Waals surface area (Å²) in [6.45, 7) is 0. The van der Waals surface area contributed by atoms with Gasteiger partial charge in [0.25, 0.3) is 0 Å². The smallest absolute Gasteiger partial charge is 0.154 e. The zero-order valence-electron chi connectivity index (χ0n) is 8.31. The Labute approximate surface area is 84.0 Å². The van der Waals surface area contributed by atoms with Gasteiger partial charge in [-0.2, -0.15) is 0 Å². The van der Waals surface area contributed by atoms with Gasteiger partial charge in [0.2, 0.25) is 0 Å². The molecule has 1 aromatic rings. The number of rotatable bonds is 5. The van der Waals surface area contributed by atoms with Gasteiger partial charge in [-0.05, 0) is 30.9 Å². The van der Waals surface area contributed by atoms with Gasteiger partial charge in [-0.3, -0.25) is 0 Å². The highest BCUT2D eigenvalue weighted by Gasteiger charge is 2.03. The molecule has 0 fully saturated rings. The molecule has 0 bridgehead atoms. The van der Waals surface area contributed by atoms with Crippen molar-refractivity contribution in [2.24, 2.45) is 0 Å². The van der Waals surface area contributed by atoms with Crippen LogP contribution >= 0.6 is 0 Å². The molecule has 1 rings (SSSR count). The van der Waals surface area contributed by atoms with Gasteiger partial charge in [0, 0.05) is 7.11 Å². The fraction of sp³-hybridized carbons (Fsp3) is 0.455. The van der Waals surface area contributed by atoms with Crippen molar-refractivity contribution in [3.8, 4) is 5.75 Å². The average molecular weight is 196 g/mol. The molecule has 14 heavy (non-hydrogen) atoms. The van der Waals surface area contributed by atoms with E-state index in [0.29, 0.717) is 12.2 Å². The Kier molecular flexibility index (Phi) is 4.43. The molecular formula is C11H16O3. The number of hydrogen-bond donors (Lipinski definition) is 2. The van der Waals surface area contributed by atoms with E-state index in [9.17, 15) is 5.11 Å². The van der Waals surface area contributed by atoms with Gasteiger partial charge in [-0.25, -0.2) is 0 Å². The predicted octanol–water partition coefficient (Wildman–Crippen LogP) is 1.68. The van der Waals surface area contributed by atoms with E-state index in [1.165, 1.54) is 7.11 Å². The van der Waals surface area contributed by atoms with Crippen molar-refractivity contribution in [1.29, 1.82) is 0 Å². The van der Waals surface area contributed by atoms with E-state index >= 15 is 0 Å². The van der Waals surface area contributed by atoms with E-state index in [1.807, 2.05) is 12.1 Å². The summed E-state index contributed by atoms with van der Waals surface area (Å²) in [4.78, 5) is 0. The minimum absolute atomic E-state index is 0.319. The summed E-state index contributed by atoms with van der Waals surface area (Å²) in [5.74, 6) is 0.319. The van der Waals surface area contributed by atoms with Gasteiger partial charge in [0.1, 0.15) is 5.75 Å². The van der Waals surface area contributed by atoms with Gasteiger partial charge in [-0.15, -0.1) is 0 Å². The number of benzene rings is 1. The van der Waals surface area contributed by atoms with Gasteiger partial charge < -0.3 is 14.9 Å². The lowest BCUT2D eigenvalue weighted by atomic mass is 10.1. The normalized spacial score (nSPS) is 12.7. The molecule has 1 aromatic carbocycles. The van der Waals surface area contributed by atoms with Crippen molar-refractivity contribution in [2.75, 3.05) is 7.11 Å². The molecule has 78 valence electrons. The van der Waals surface area contributed by atoms with Crippen molar-refractivity contribution < 1.29 is 14.9 Å². The molecule has 2 N–H and O–H groups in total. The monoisotopic (exact) mass is 196 g/mol. The number of phenolic OH excluding ortho intramolecular Hbond substituents is 1. The predicted molar refractivity (Wildman–Crippen MR) is 54.1 cm³/mol. The first kappa shape index (κ1) is 11.0. The van der Waals surface area contributed by atoms with E-state index in [2.05, 4.69) is 0 Å². The van der Waals surface area contributed by atoms with Crippen LogP contribution in [0.15, 0.2) is 24.3 Å². The quantitative estimate of drug-likeness (QED) is 0.704. The highest BCUT2D eigenvalue weighted by Crippen LogP contribution is 2.18. The number of aryl methyl sites for hydroxylation is 1. The highest BCUT2D eigenvalue weighted by molar-refractivity contribution is 5.31. The van der Waals surface area contributed by atoms with Crippen molar-refractivity contribution >= 4 is 0 Å². The lowest BCUT2D eigenvalue weighted by Gasteiger charge is -2.08. The Morgan fingerprint density at radius 3 is 2.71 bits per heavy atom. The number of aliphatic hydroxyl groups is 1. The summed E-state index contributed by atoms with van der Waals surface area (Å²) in [5.41, 5.74) is 0.913. The number of para-hydroxylation sites is 1. The summed E-state index contributed by atoms with van der Waals surface area (Å²) < 4.78 is 4.71. The maximum absolute atomic E-state index is 9.44. The second kappa shape index (κ2) is 5.62. The Morgan fingerprint density at radius 1 is 1.36 bits per heavy atom. The third-order valence-corrected chi connectivity index (χ3v) is 2.16. The zero-order valence-corrected chi connectivity index (χ0v) is 8.31. The number of aliphatic hydroxyl groups excluding tert-OH is 1. The fourth-order valence-corrected chi connectivity index (χ4v) is 1.31. The molecule has 0 aromatic heterocycles. The first-order chi connectivity index (χ1) is 6.74. The minimum atomic E-state index is -0.694. The zero-order chi connectivity index (χ0) is 10.4. The van der Waals surface area contributed by atoms with Crippen LogP contribution in [-0.4, -0.2) is 23.6 Å². The molecule has 3 nitrogen and oxygen atoms in total. The van der Waals surface area contributed by atoms with E-state index in [4.69, 9.17) is 9.84 Å². The van der Waals surface area contributed by atoms with Crippen molar-refractivity contribution in [3.63, 3.8) is 0 Å². The molecule has 0 aliphatic rings. The lowest BCUT2D eigenvalue weighted by molar-refractivity contribution is -0.0789. The van der Waals surface area contributed by atoms with Crippen LogP contribution in [0.25, 0.3) is 0 Å². The lowest BCUT2D eigenvalue weighted by Crippen LogP contribution is -2.08. The van der Waals surface area contributed by atoms with Crippen LogP contribution in [0.4, 0.5) is 0 Å². The first-order valence-corrected chi connectivity index (χ1v) is 4.71. The summed E-state index contributed by atoms with van der Waals surface area (Å²) in [7, 11) is 1.48. The third kappa shape index (κ3) is 3.36.